The molecule has 0 aromatic rings. The van der Waals surface area contributed by atoms with Crippen LogP contribution in [-0.4, -0.2) is 110 Å². The first-order chi connectivity index (χ1) is 29.7. The van der Waals surface area contributed by atoms with Gasteiger partial charge in [0.2, 0.25) is 5.91 Å². The van der Waals surface area contributed by atoms with Crippen LogP contribution in [0.15, 0.2) is 36.5 Å². The van der Waals surface area contributed by atoms with Gasteiger partial charge in [0.15, 0.2) is 6.29 Å². The fourth-order valence-corrected chi connectivity index (χ4v) is 7.77. The molecule has 0 aromatic carbocycles. The Morgan fingerprint density at radius 3 is 1.57 bits per heavy atom. The molecule has 1 rings (SSSR count). The number of aliphatic hydroxyl groups is 7. The molecular formula is C50H93NO10. The summed E-state index contributed by atoms with van der Waals surface area (Å²) in [5.41, 5.74) is 0. The predicted octanol–water partition coefficient (Wildman–Crippen LogP) is 8.78. The Morgan fingerprint density at radius 1 is 0.574 bits per heavy atom. The monoisotopic (exact) mass is 868 g/mol. The van der Waals surface area contributed by atoms with E-state index in [2.05, 4.69) is 49.5 Å². The van der Waals surface area contributed by atoms with Crippen LogP contribution in [0.25, 0.3) is 0 Å². The largest absolute Gasteiger partial charge is 0.394 e. The minimum Gasteiger partial charge on any atom is -0.394 e. The average Bonchev–Trinajstić information content (AvgIpc) is 3.26. The third kappa shape index (κ3) is 29.4. The molecule has 61 heavy (non-hydrogen) atoms. The lowest BCUT2D eigenvalue weighted by Gasteiger charge is -2.40. The summed E-state index contributed by atoms with van der Waals surface area (Å²) in [5, 5.41) is 75.2. The van der Waals surface area contributed by atoms with Crippen LogP contribution in [0.5, 0.6) is 0 Å². The standard InChI is InChI=1S/C50H93NO10/c1-3-5-7-9-11-12-13-14-15-16-17-18-19-20-21-22-23-24-25-26-27-28-29-30-31-32-34-36-38-43(54)49(59)51-41(45(55)42(53)37-35-33-10-8-6-4-2)40-60-50-48(58)47(57)46(56)44(39-52)61-50/h8,10,17-18,20-21,41-48,50,52-58H,3-7,9,11-16,19,22-40H2,1-2H3,(H,51,59)/b10-8+,18-17-,21-20-. The van der Waals surface area contributed by atoms with Crippen LogP contribution in [0.2, 0.25) is 0 Å². The zero-order chi connectivity index (χ0) is 44.8. The van der Waals surface area contributed by atoms with Crippen LogP contribution in [-0.2, 0) is 14.3 Å². The van der Waals surface area contributed by atoms with Crippen molar-refractivity contribution in [3.05, 3.63) is 36.5 Å². The molecule has 0 spiro atoms. The first-order valence-electron chi connectivity index (χ1n) is 24.9. The first-order valence-corrected chi connectivity index (χ1v) is 24.9. The highest BCUT2D eigenvalue weighted by molar-refractivity contribution is 5.80. The van der Waals surface area contributed by atoms with E-state index < -0.39 is 74.2 Å². The van der Waals surface area contributed by atoms with E-state index in [0.717, 1.165) is 44.9 Å². The molecule has 8 N–H and O–H groups in total. The molecule has 1 heterocycles. The van der Waals surface area contributed by atoms with Gasteiger partial charge in [-0.05, 0) is 64.2 Å². The van der Waals surface area contributed by atoms with E-state index in [9.17, 15) is 40.5 Å². The molecule has 0 bridgehead atoms. The number of hydrogen-bond acceptors (Lipinski definition) is 10. The molecule has 358 valence electrons. The maximum atomic E-state index is 13.0. The second-order valence-corrected chi connectivity index (χ2v) is 17.5. The molecule has 1 amide bonds. The quantitative estimate of drug-likeness (QED) is 0.0218. The Bertz CT molecular complexity index is 1090. The van der Waals surface area contributed by atoms with Gasteiger partial charge in [0.25, 0.3) is 0 Å². The summed E-state index contributed by atoms with van der Waals surface area (Å²) in [7, 11) is 0. The van der Waals surface area contributed by atoms with Crippen LogP contribution < -0.4 is 5.32 Å². The number of amides is 1. The molecule has 9 unspecified atom stereocenters. The number of carbonyl (C=O) groups excluding carboxylic acids is 1. The van der Waals surface area contributed by atoms with Gasteiger partial charge in [0.05, 0.1) is 25.4 Å². The van der Waals surface area contributed by atoms with Crippen molar-refractivity contribution in [2.24, 2.45) is 0 Å². The second kappa shape index (κ2) is 39.9. The van der Waals surface area contributed by atoms with Crippen LogP contribution >= 0.6 is 0 Å². The van der Waals surface area contributed by atoms with Gasteiger partial charge in [-0.25, -0.2) is 0 Å². The van der Waals surface area contributed by atoms with E-state index in [0.29, 0.717) is 12.8 Å². The predicted molar refractivity (Wildman–Crippen MR) is 247 cm³/mol. The summed E-state index contributed by atoms with van der Waals surface area (Å²) in [6.45, 7) is 3.29. The maximum absolute atomic E-state index is 13.0. The van der Waals surface area contributed by atoms with E-state index in [-0.39, 0.29) is 12.8 Å². The first kappa shape index (κ1) is 57.3. The van der Waals surface area contributed by atoms with E-state index in [1.165, 1.54) is 122 Å². The van der Waals surface area contributed by atoms with Crippen LogP contribution in [0.4, 0.5) is 0 Å². The van der Waals surface area contributed by atoms with Crippen molar-refractivity contribution in [1.29, 1.82) is 0 Å². The lowest BCUT2D eigenvalue weighted by Crippen LogP contribution is -2.60. The smallest absolute Gasteiger partial charge is 0.249 e. The lowest BCUT2D eigenvalue weighted by molar-refractivity contribution is -0.303. The SMILES string of the molecule is CCC/C=C/CCCC(O)C(O)C(COC1OC(CO)C(O)C(O)C1O)NC(=O)C(O)CCCCCCCCCCCCCC/C=C\C/C=C\CCCCCCCCCCC. The normalized spacial score (nSPS) is 21.8. The zero-order valence-electron chi connectivity index (χ0n) is 38.6. The van der Waals surface area contributed by atoms with Gasteiger partial charge in [-0.15, -0.1) is 0 Å². The number of rotatable bonds is 41. The molecule has 1 saturated heterocycles. The summed E-state index contributed by atoms with van der Waals surface area (Å²) in [5.74, 6) is -0.713. The maximum Gasteiger partial charge on any atom is 0.249 e. The van der Waals surface area contributed by atoms with Gasteiger partial charge < -0.3 is 50.5 Å². The van der Waals surface area contributed by atoms with E-state index in [1.807, 2.05) is 6.08 Å². The fraction of sp³-hybridized carbons (Fsp3) is 0.860. The lowest BCUT2D eigenvalue weighted by atomic mass is 9.98. The van der Waals surface area contributed by atoms with Crippen molar-refractivity contribution in [1.82, 2.24) is 5.32 Å². The molecular weight excluding hydrogens is 775 g/mol. The number of allylic oxidation sites excluding steroid dienone is 6. The highest BCUT2D eigenvalue weighted by atomic mass is 16.7. The zero-order valence-corrected chi connectivity index (χ0v) is 38.6. The van der Waals surface area contributed by atoms with Crippen molar-refractivity contribution >= 4 is 5.91 Å². The molecule has 11 heteroatoms. The summed E-state index contributed by atoms with van der Waals surface area (Å²) in [6, 6.07) is -1.18. The number of aliphatic hydroxyl groups excluding tert-OH is 7. The van der Waals surface area contributed by atoms with Gasteiger partial charge in [-0.1, -0.05) is 179 Å². The van der Waals surface area contributed by atoms with Gasteiger partial charge in [0, 0.05) is 0 Å². The summed E-state index contributed by atoms with van der Waals surface area (Å²) in [4.78, 5) is 13.0. The molecule has 1 fully saturated rings. The Kier molecular flexibility index (Phi) is 37.5. The molecule has 9 atom stereocenters. The third-order valence-electron chi connectivity index (χ3n) is 11.9. The highest BCUT2D eigenvalue weighted by Crippen LogP contribution is 2.23. The van der Waals surface area contributed by atoms with Crippen LogP contribution in [0.3, 0.4) is 0 Å². The van der Waals surface area contributed by atoms with Crippen molar-refractivity contribution in [3.8, 4) is 0 Å². The molecule has 0 aliphatic carbocycles. The molecule has 0 radical (unpaired) electrons. The molecule has 0 aromatic heterocycles. The third-order valence-corrected chi connectivity index (χ3v) is 11.9. The average molecular weight is 868 g/mol. The molecule has 11 nitrogen and oxygen atoms in total. The van der Waals surface area contributed by atoms with E-state index in [4.69, 9.17) is 9.47 Å². The van der Waals surface area contributed by atoms with Crippen LogP contribution in [0.1, 0.15) is 206 Å². The molecule has 0 saturated carbocycles. The summed E-state index contributed by atoms with van der Waals surface area (Å²) >= 11 is 0. The second-order valence-electron chi connectivity index (χ2n) is 17.5. The topological polar surface area (TPSA) is 189 Å². The molecule has 1 aliphatic rings. The number of hydrogen-bond donors (Lipinski definition) is 8. The Morgan fingerprint density at radius 2 is 1.05 bits per heavy atom. The Hall–Kier alpha value is -1.67. The van der Waals surface area contributed by atoms with Crippen molar-refractivity contribution in [3.63, 3.8) is 0 Å². The minimum atomic E-state index is -1.67. The summed E-state index contributed by atoms with van der Waals surface area (Å²) in [6.07, 6.45) is 35.6. The van der Waals surface area contributed by atoms with E-state index >= 15 is 0 Å². The Balaban J connectivity index is 2.21. The number of nitrogens with one attached hydrogen (secondary N) is 1. The van der Waals surface area contributed by atoms with Crippen molar-refractivity contribution in [2.75, 3.05) is 13.2 Å². The van der Waals surface area contributed by atoms with Crippen LogP contribution in [0, 0.1) is 0 Å². The Labute approximate surface area is 371 Å². The van der Waals surface area contributed by atoms with Gasteiger partial charge in [-0.2, -0.15) is 0 Å². The number of unbranched alkanes of at least 4 members (excludes halogenated alkanes) is 23. The summed E-state index contributed by atoms with van der Waals surface area (Å²) < 4.78 is 11.0. The van der Waals surface area contributed by atoms with Gasteiger partial charge in [-0.3, -0.25) is 4.79 Å². The highest BCUT2D eigenvalue weighted by Gasteiger charge is 2.44. The van der Waals surface area contributed by atoms with Gasteiger partial charge >= 0.3 is 0 Å². The fourth-order valence-electron chi connectivity index (χ4n) is 7.77. The van der Waals surface area contributed by atoms with Crippen molar-refractivity contribution in [2.45, 2.75) is 262 Å². The molecule has 1 aliphatic heterocycles. The van der Waals surface area contributed by atoms with Crippen molar-refractivity contribution < 1.29 is 50.0 Å². The number of ether oxygens (including phenoxy) is 2. The number of carbonyl (C=O) groups is 1. The minimum absolute atomic E-state index is 0.251. The van der Waals surface area contributed by atoms with E-state index in [1.54, 1.807) is 0 Å². The van der Waals surface area contributed by atoms with Gasteiger partial charge in [0.1, 0.15) is 36.6 Å².